The summed E-state index contributed by atoms with van der Waals surface area (Å²) < 4.78 is 29.3. The summed E-state index contributed by atoms with van der Waals surface area (Å²) in [5.41, 5.74) is 2.74. The summed E-state index contributed by atoms with van der Waals surface area (Å²) in [6.07, 6.45) is 2.95. The van der Waals surface area contributed by atoms with Crippen LogP contribution in [0.1, 0.15) is 5.56 Å². The Labute approximate surface area is 199 Å². The maximum absolute atomic E-state index is 13.3. The minimum atomic E-state index is -3.79. The number of hydrogen-bond acceptors (Lipinski definition) is 4. The molecule has 2 heterocycles. The van der Waals surface area contributed by atoms with Gasteiger partial charge >= 0.3 is 0 Å². The quantitative estimate of drug-likeness (QED) is 0.422. The van der Waals surface area contributed by atoms with Gasteiger partial charge in [-0.3, -0.25) is 4.72 Å². The third-order valence-electron chi connectivity index (χ3n) is 6.43. The standard InChI is InChI=1S/C25H27ClN4O2S/c1-29-12-14-30(15-13-29)11-10-18-17-27-24-9-8-19(16-22(18)24)28-33(31,32)25-7-3-4-20-21(25)5-2-6-23(20)26/h2-9,16-17,27-28H,10-15H2,1H3. The Kier molecular flexibility index (Phi) is 6.05. The molecular weight excluding hydrogens is 456 g/mol. The lowest BCUT2D eigenvalue weighted by molar-refractivity contribution is 0.155. The predicted octanol–water partition coefficient (Wildman–Crippen LogP) is 4.57. The summed E-state index contributed by atoms with van der Waals surface area (Å²) in [7, 11) is -1.63. The Morgan fingerprint density at radius 3 is 2.55 bits per heavy atom. The number of H-pyrrole nitrogens is 1. The van der Waals surface area contributed by atoms with E-state index in [1.54, 1.807) is 36.4 Å². The average molecular weight is 483 g/mol. The monoisotopic (exact) mass is 482 g/mol. The third-order valence-corrected chi connectivity index (χ3v) is 8.20. The number of piperazine rings is 1. The minimum Gasteiger partial charge on any atom is -0.361 e. The number of fused-ring (bicyclic) bond motifs is 2. The smallest absolute Gasteiger partial charge is 0.262 e. The van der Waals surface area contributed by atoms with Crippen LogP contribution in [-0.2, 0) is 16.4 Å². The van der Waals surface area contributed by atoms with E-state index in [1.165, 1.54) is 5.56 Å². The zero-order valence-electron chi connectivity index (χ0n) is 18.5. The summed E-state index contributed by atoms with van der Waals surface area (Å²) in [6, 6.07) is 16.1. The van der Waals surface area contributed by atoms with Crippen molar-refractivity contribution < 1.29 is 8.42 Å². The second kappa shape index (κ2) is 8.99. The lowest BCUT2D eigenvalue weighted by atomic mass is 10.1. The zero-order valence-corrected chi connectivity index (χ0v) is 20.1. The third kappa shape index (κ3) is 4.59. The van der Waals surface area contributed by atoms with Gasteiger partial charge in [0.1, 0.15) is 0 Å². The number of nitrogens with zero attached hydrogens (tertiary/aromatic N) is 2. The Balaban J connectivity index is 1.39. The zero-order chi connectivity index (χ0) is 23.0. The summed E-state index contributed by atoms with van der Waals surface area (Å²) in [5.74, 6) is 0. The van der Waals surface area contributed by atoms with Gasteiger partial charge < -0.3 is 14.8 Å². The van der Waals surface area contributed by atoms with Crippen molar-refractivity contribution in [2.45, 2.75) is 11.3 Å². The van der Waals surface area contributed by atoms with Gasteiger partial charge in [0.15, 0.2) is 0 Å². The van der Waals surface area contributed by atoms with Crippen molar-refractivity contribution in [3.05, 3.63) is 71.4 Å². The van der Waals surface area contributed by atoms with Gasteiger partial charge in [0, 0.05) is 71.3 Å². The van der Waals surface area contributed by atoms with Gasteiger partial charge in [0.05, 0.1) is 4.90 Å². The number of halogens is 1. The number of hydrogen-bond donors (Lipinski definition) is 2. The van der Waals surface area contributed by atoms with Gasteiger partial charge in [-0.25, -0.2) is 8.42 Å². The van der Waals surface area contributed by atoms with Gasteiger partial charge in [-0.05, 0) is 49.4 Å². The van der Waals surface area contributed by atoms with E-state index in [9.17, 15) is 8.42 Å². The van der Waals surface area contributed by atoms with E-state index in [4.69, 9.17) is 11.6 Å². The molecule has 0 aliphatic carbocycles. The SMILES string of the molecule is CN1CCN(CCc2c[nH]c3ccc(NS(=O)(=O)c4cccc5c(Cl)cccc45)cc23)CC1. The van der Waals surface area contributed by atoms with Crippen LogP contribution in [-0.4, -0.2) is 63.0 Å². The first kappa shape index (κ1) is 22.2. The van der Waals surface area contributed by atoms with Gasteiger partial charge in [0.25, 0.3) is 10.0 Å². The molecule has 33 heavy (non-hydrogen) atoms. The van der Waals surface area contributed by atoms with Crippen LogP contribution in [0.2, 0.25) is 5.02 Å². The van der Waals surface area contributed by atoms with Crippen LogP contribution in [0.15, 0.2) is 65.7 Å². The van der Waals surface area contributed by atoms with Gasteiger partial charge in [-0.1, -0.05) is 35.9 Å². The van der Waals surface area contributed by atoms with Crippen molar-refractivity contribution in [2.24, 2.45) is 0 Å². The van der Waals surface area contributed by atoms with Crippen LogP contribution in [0, 0.1) is 0 Å². The van der Waals surface area contributed by atoms with Crippen LogP contribution in [0.4, 0.5) is 5.69 Å². The lowest BCUT2D eigenvalue weighted by Gasteiger charge is -2.32. The van der Waals surface area contributed by atoms with E-state index < -0.39 is 10.0 Å². The first-order valence-corrected chi connectivity index (χ1v) is 13.0. The van der Waals surface area contributed by atoms with Crippen molar-refractivity contribution in [3.8, 4) is 0 Å². The van der Waals surface area contributed by atoms with Crippen LogP contribution < -0.4 is 4.72 Å². The number of benzene rings is 3. The first-order chi connectivity index (χ1) is 15.9. The second-order valence-corrected chi connectivity index (χ2v) is 10.7. The minimum absolute atomic E-state index is 0.215. The van der Waals surface area contributed by atoms with Crippen molar-refractivity contribution in [2.75, 3.05) is 44.5 Å². The van der Waals surface area contributed by atoms with E-state index in [-0.39, 0.29) is 4.90 Å². The summed E-state index contributed by atoms with van der Waals surface area (Å²) >= 11 is 6.28. The Morgan fingerprint density at radius 2 is 1.73 bits per heavy atom. The van der Waals surface area contributed by atoms with Crippen molar-refractivity contribution in [1.29, 1.82) is 0 Å². The molecule has 2 N–H and O–H groups in total. The lowest BCUT2D eigenvalue weighted by Crippen LogP contribution is -2.45. The highest BCUT2D eigenvalue weighted by atomic mass is 35.5. The number of sulfonamides is 1. The van der Waals surface area contributed by atoms with Crippen LogP contribution in [0.25, 0.3) is 21.7 Å². The maximum Gasteiger partial charge on any atom is 0.262 e. The maximum atomic E-state index is 13.3. The largest absolute Gasteiger partial charge is 0.361 e. The molecule has 5 rings (SSSR count). The molecule has 1 aliphatic heterocycles. The molecule has 0 bridgehead atoms. The molecular formula is C25H27ClN4O2S. The average Bonchev–Trinajstić information content (AvgIpc) is 3.20. The van der Waals surface area contributed by atoms with Gasteiger partial charge in [-0.15, -0.1) is 0 Å². The molecule has 0 radical (unpaired) electrons. The molecule has 1 fully saturated rings. The van der Waals surface area contributed by atoms with Crippen LogP contribution in [0.3, 0.4) is 0 Å². The fraction of sp³-hybridized carbons (Fsp3) is 0.280. The van der Waals surface area contributed by atoms with Crippen LogP contribution in [0.5, 0.6) is 0 Å². The molecule has 172 valence electrons. The number of likely N-dealkylation sites (N-methyl/N-ethyl adjacent to an activating group) is 1. The summed E-state index contributed by atoms with van der Waals surface area (Å²) in [5, 5.41) is 2.90. The molecule has 6 nitrogen and oxygen atoms in total. The molecule has 1 aliphatic rings. The highest BCUT2D eigenvalue weighted by Crippen LogP contribution is 2.30. The molecule has 0 unspecified atom stereocenters. The number of anilines is 1. The van der Waals surface area contributed by atoms with Gasteiger partial charge in [-0.2, -0.15) is 0 Å². The summed E-state index contributed by atoms with van der Waals surface area (Å²) in [4.78, 5) is 8.37. The molecule has 3 aromatic carbocycles. The molecule has 0 spiro atoms. The molecule has 1 saturated heterocycles. The fourth-order valence-electron chi connectivity index (χ4n) is 4.49. The second-order valence-electron chi connectivity index (χ2n) is 8.67. The Morgan fingerprint density at radius 1 is 0.970 bits per heavy atom. The number of nitrogens with one attached hydrogen (secondary N) is 2. The van der Waals surface area contributed by atoms with Crippen molar-refractivity contribution >= 4 is 49.0 Å². The van der Waals surface area contributed by atoms with E-state index >= 15 is 0 Å². The summed E-state index contributed by atoms with van der Waals surface area (Å²) in [6.45, 7) is 5.35. The fourth-order valence-corrected chi connectivity index (χ4v) is 6.00. The number of rotatable bonds is 6. The van der Waals surface area contributed by atoms with E-state index in [1.807, 2.05) is 24.4 Å². The topological polar surface area (TPSA) is 68.4 Å². The Hall–Kier alpha value is -2.58. The van der Waals surface area contributed by atoms with E-state index in [0.717, 1.165) is 50.0 Å². The number of aromatic amines is 1. The van der Waals surface area contributed by atoms with Crippen LogP contribution >= 0.6 is 11.6 Å². The molecule has 0 atom stereocenters. The molecule has 8 heteroatoms. The molecule has 4 aromatic rings. The van der Waals surface area contributed by atoms with Gasteiger partial charge in [0.2, 0.25) is 0 Å². The molecule has 1 aromatic heterocycles. The van der Waals surface area contributed by atoms with E-state index in [0.29, 0.717) is 21.5 Å². The van der Waals surface area contributed by atoms with Crippen molar-refractivity contribution in [3.63, 3.8) is 0 Å². The normalized spacial score (nSPS) is 15.9. The van der Waals surface area contributed by atoms with Crippen molar-refractivity contribution in [1.82, 2.24) is 14.8 Å². The molecule has 0 amide bonds. The van der Waals surface area contributed by atoms with E-state index in [2.05, 4.69) is 26.6 Å². The molecule has 0 saturated carbocycles. The Bertz CT molecular complexity index is 1410. The first-order valence-electron chi connectivity index (χ1n) is 11.1. The highest BCUT2D eigenvalue weighted by Gasteiger charge is 2.19. The predicted molar refractivity (Wildman–Crippen MR) is 136 cm³/mol. The number of aromatic nitrogens is 1. The highest BCUT2D eigenvalue weighted by molar-refractivity contribution is 7.93.